The molecule has 1 aromatic rings. The number of hydrogen-bond acceptors (Lipinski definition) is 6. The lowest BCUT2D eigenvalue weighted by Gasteiger charge is -2.31. The molecule has 0 saturated carbocycles. The third-order valence-corrected chi connectivity index (χ3v) is 7.45. The first-order chi connectivity index (χ1) is 15.5. The van der Waals surface area contributed by atoms with Crippen molar-refractivity contribution in [1.82, 2.24) is 9.88 Å². The second kappa shape index (κ2) is 12.5. The lowest BCUT2D eigenvalue weighted by atomic mass is 9.88. The maximum atomic E-state index is 12.9. The normalized spacial score (nSPS) is 31.2. The Morgan fingerprint density at radius 2 is 1.97 bits per heavy atom. The maximum Gasteiger partial charge on any atom is 0.308 e. The van der Waals surface area contributed by atoms with Crippen LogP contribution >= 0.6 is 11.3 Å². The average Bonchev–Trinajstić information content (AvgIpc) is 3.17. The lowest BCUT2D eigenvalue weighted by molar-refractivity contribution is -0.150. The Bertz CT molecular complexity index is 875. The Hall–Kier alpha value is -1.99. The van der Waals surface area contributed by atoms with Gasteiger partial charge in [-0.05, 0) is 64.5 Å². The van der Waals surface area contributed by atoms with Gasteiger partial charge in [-0.1, -0.05) is 25.5 Å². The van der Waals surface area contributed by atoms with Crippen LogP contribution in [-0.2, 0) is 14.3 Å². The highest BCUT2D eigenvalue weighted by Crippen LogP contribution is 2.24. The van der Waals surface area contributed by atoms with Crippen LogP contribution in [0.1, 0.15) is 77.4 Å². The number of aliphatic hydroxyl groups excluding tert-OH is 1. The number of aryl methyl sites for hydroxylation is 1. The van der Waals surface area contributed by atoms with Crippen LogP contribution in [0.3, 0.4) is 0 Å². The third kappa shape index (κ3) is 8.07. The number of aromatic nitrogens is 1. The van der Waals surface area contributed by atoms with E-state index in [-0.39, 0.29) is 36.4 Å². The van der Waals surface area contributed by atoms with Crippen molar-refractivity contribution in [1.29, 1.82) is 0 Å². The van der Waals surface area contributed by atoms with Gasteiger partial charge >= 0.3 is 5.97 Å². The number of thiazole rings is 1. The molecule has 1 N–H and O–H groups in total. The average molecular weight is 477 g/mol. The third-order valence-electron chi connectivity index (χ3n) is 6.66. The molecule has 1 unspecified atom stereocenters. The molecule has 1 aliphatic heterocycles. The highest BCUT2D eigenvalue weighted by atomic mass is 32.1. The predicted molar refractivity (Wildman–Crippen MR) is 134 cm³/mol. The number of cyclic esters (lactones) is 1. The Balaban J connectivity index is 2.27. The topological polar surface area (TPSA) is 79.7 Å². The quantitative estimate of drug-likeness (QED) is 0.471. The highest BCUT2D eigenvalue weighted by Gasteiger charge is 2.31. The number of aliphatic hydroxyl groups is 1. The van der Waals surface area contributed by atoms with Crippen LogP contribution < -0.4 is 0 Å². The second-order valence-electron chi connectivity index (χ2n) is 9.60. The van der Waals surface area contributed by atoms with E-state index in [9.17, 15) is 14.7 Å². The molecule has 184 valence electrons. The molecule has 1 amide bonds. The molecule has 0 spiro atoms. The first kappa shape index (κ1) is 27.3. The summed E-state index contributed by atoms with van der Waals surface area (Å²) in [6.45, 7) is 11.6. The number of nitrogens with zero attached hydrogens (tertiary/aromatic N) is 2. The molecule has 0 saturated heterocycles. The van der Waals surface area contributed by atoms with Crippen LogP contribution in [0.4, 0.5) is 0 Å². The monoisotopic (exact) mass is 476 g/mol. The van der Waals surface area contributed by atoms with Gasteiger partial charge in [0.05, 0.1) is 29.1 Å². The minimum atomic E-state index is -0.706. The first-order valence-corrected chi connectivity index (χ1v) is 12.8. The first-order valence-electron chi connectivity index (χ1n) is 11.9. The van der Waals surface area contributed by atoms with E-state index in [0.29, 0.717) is 6.42 Å². The standard InChI is InChI=1S/C26H40N2O4S/c1-16-9-8-10-17(2)25(30)20(5)26(31)28(7)19(4)14-24(29)32-23(12-11-16)18(3)13-22-15-33-21(6)27-22/h11,13,15,17,19-20,23,25,30H,8-10,12,14H2,1-7H3/b16-11-,18-13+/t17-,19?,20+,23-,25-/m0/s1. The molecular weight excluding hydrogens is 436 g/mol. The van der Waals surface area contributed by atoms with E-state index in [2.05, 4.69) is 18.0 Å². The van der Waals surface area contributed by atoms with Gasteiger partial charge in [0.25, 0.3) is 0 Å². The van der Waals surface area contributed by atoms with Crippen molar-refractivity contribution in [3.63, 3.8) is 0 Å². The van der Waals surface area contributed by atoms with Crippen LogP contribution in [-0.4, -0.2) is 52.2 Å². The molecule has 1 aromatic heterocycles. The van der Waals surface area contributed by atoms with Crippen molar-refractivity contribution in [2.24, 2.45) is 11.8 Å². The molecule has 0 radical (unpaired) electrons. The fraction of sp³-hybridized carbons (Fsp3) is 0.654. The Kier molecular flexibility index (Phi) is 10.3. The fourth-order valence-corrected chi connectivity index (χ4v) is 4.72. The van der Waals surface area contributed by atoms with Gasteiger partial charge in [-0.25, -0.2) is 4.98 Å². The van der Waals surface area contributed by atoms with Crippen LogP contribution in [0.25, 0.3) is 6.08 Å². The molecule has 0 aromatic carbocycles. The largest absolute Gasteiger partial charge is 0.457 e. The predicted octanol–water partition coefficient (Wildman–Crippen LogP) is 5.16. The van der Waals surface area contributed by atoms with Gasteiger partial charge in [-0.3, -0.25) is 9.59 Å². The number of rotatable bonds is 2. The molecule has 2 heterocycles. The van der Waals surface area contributed by atoms with Crippen LogP contribution in [0.5, 0.6) is 0 Å². The number of ether oxygens (including phenoxy) is 1. The number of esters is 1. The maximum absolute atomic E-state index is 12.9. The summed E-state index contributed by atoms with van der Waals surface area (Å²) in [6.07, 6.45) is 6.44. The van der Waals surface area contributed by atoms with Gasteiger partial charge in [0.2, 0.25) is 5.91 Å². The summed E-state index contributed by atoms with van der Waals surface area (Å²) in [5, 5.41) is 13.7. The molecule has 6 nitrogen and oxygen atoms in total. The molecule has 0 aliphatic carbocycles. The number of amides is 1. The lowest BCUT2D eigenvalue weighted by Crippen LogP contribution is -2.44. The van der Waals surface area contributed by atoms with Crippen molar-refractivity contribution in [3.8, 4) is 0 Å². The van der Waals surface area contributed by atoms with E-state index < -0.39 is 12.0 Å². The van der Waals surface area contributed by atoms with E-state index >= 15 is 0 Å². The molecule has 7 heteroatoms. The van der Waals surface area contributed by atoms with E-state index in [0.717, 1.165) is 35.5 Å². The summed E-state index contributed by atoms with van der Waals surface area (Å²) in [4.78, 5) is 31.8. The van der Waals surface area contributed by atoms with Crippen LogP contribution in [0, 0.1) is 18.8 Å². The smallest absolute Gasteiger partial charge is 0.308 e. The minimum absolute atomic E-state index is 0.0258. The fourth-order valence-electron chi connectivity index (χ4n) is 4.15. The van der Waals surface area contributed by atoms with Gasteiger partial charge in [0.15, 0.2) is 0 Å². The van der Waals surface area contributed by atoms with Crippen molar-refractivity contribution in [3.05, 3.63) is 33.3 Å². The van der Waals surface area contributed by atoms with Gasteiger partial charge in [0, 0.05) is 24.9 Å². The van der Waals surface area contributed by atoms with E-state index in [1.807, 2.05) is 39.2 Å². The van der Waals surface area contributed by atoms with Crippen LogP contribution in [0.15, 0.2) is 22.6 Å². The van der Waals surface area contributed by atoms with Crippen molar-refractivity contribution in [2.75, 3.05) is 7.05 Å². The number of carbonyl (C=O) groups excluding carboxylic acids is 2. The molecule has 0 fully saturated rings. The van der Waals surface area contributed by atoms with Gasteiger partial charge in [-0.15, -0.1) is 11.3 Å². The van der Waals surface area contributed by atoms with E-state index in [4.69, 9.17) is 4.74 Å². The van der Waals surface area contributed by atoms with Crippen molar-refractivity contribution < 1.29 is 19.4 Å². The Labute approximate surface area is 202 Å². The summed E-state index contributed by atoms with van der Waals surface area (Å²) in [6, 6.07) is -0.328. The molecule has 5 atom stereocenters. The highest BCUT2D eigenvalue weighted by molar-refractivity contribution is 7.09. The van der Waals surface area contributed by atoms with Gasteiger partial charge in [0.1, 0.15) is 6.10 Å². The SMILES string of the molecule is C/C1=C/C[C@@H](/C(C)=C/c2csc(C)n2)OC(=O)CC(C)N(C)C(=O)[C@H](C)[C@@H](O)[C@@H](C)CCC1. The Morgan fingerprint density at radius 1 is 1.27 bits per heavy atom. The number of allylic oxidation sites excluding steroid dienone is 1. The van der Waals surface area contributed by atoms with E-state index in [1.54, 1.807) is 30.2 Å². The summed E-state index contributed by atoms with van der Waals surface area (Å²) in [7, 11) is 1.69. The van der Waals surface area contributed by atoms with Gasteiger partial charge in [-0.2, -0.15) is 0 Å². The summed E-state index contributed by atoms with van der Waals surface area (Å²) >= 11 is 1.59. The summed E-state index contributed by atoms with van der Waals surface area (Å²) < 4.78 is 5.90. The van der Waals surface area contributed by atoms with Crippen LogP contribution in [0.2, 0.25) is 0 Å². The Morgan fingerprint density at radius 3 is 2.61 bits per heavy atom. The summed E-state index contributed by atoms with van der Waals surface area (Å²) in [5.41, 5.74) is 3.06. The number of carbonyl (C=O) groups is 2. The second-order valence-corrected chi connectivity index (χ2v) is 10.7. The van der Waals surface area contributed by atoms with Gasteiger partial charge < -0.3 is 14.7 Å². The zero-order valence-electron chi connectivity index (χ0n) is 21.1. The molecule has 33 heavy (non-hydrogen) atoms. The van der Waals surface area contributed by atoms with E-state index in [1.165, 1.54) is 5.57 Å². The van der Waals surface area contributed by atoms with Crippen molar-refractivity contribution >= 4 is 29.3 Å². The minimum Gasteiger partial charge on any atom is -0.457 e. The molecule has 0 bridgehead atoms. The summed E-state index contributed by atoms with van der Waals surface area (Å²) in [5.74, 6) is -0.983. The van der Waals surface area contributed by atoms with Crippen molar-refractivity contribution in [2.45, 2.75) is 91.9 Å². The molecule has 2 rings (SSSR count). The zero-order chi connectivity index (χ0) is 24.7. The molecular formula is C26H40N2O4S. The zero-order valence-corrected chi connectivity index (χ0v) is 21.9. The number of hydrogen-bond donors (Lipinski definition) is 1. The molecule has 1 aliphatic rings.